The summed E-state index contributed by atoms with van der Waals surface area (Å²) in [4.78, 5) is 37.0. The maximum atomic E-state index is 13.1. The zero-order valence-corrected chi connectivity index (χ0v) is 20.8. The fourth-order valence-electron chi connectivity index (χ4n) is 4.90. The number of carbonyl (C=O) groups excluding carboxylic acids is 1. The summed E-state index contributed by atoms with van der Waals surface area (Å²) in [6.45, 7) is 5.97. The van der Waals surface area contributed by atoms with Crippen LogP contribution in [0.1, 0.15) is 26.7 Å². The Morgan fingerprint density at radius 2 is 2.14 bits per heavy atom. The molecule has 0 aromatic carbocycles. The first-order valence-corrected chi connectivity index (χ1v) is 12.7. The zero-order valence-electron chi connectivity index (χ0n) is 20.0. The van der Waals surface area contributed by atoms with Crippen molar-refractivity contribution in [3.8, 4) is 10.4 Å². The summed E-state index contributed by atoms with van der Waals surface area (Å²) in [6.07, 6.45) is 9.20. The third-order valence-electron chi connectivity index (χ3n) is 6.84. The predicted molar refractivity (Wildman–Crippen MR) is 138 cm³/mol. The van der Waals surface area contributed by atoms with Gasteiger partial charge in [0.05, 0.1) is 48.2 Å². The van der Waals surface area contributed by atoms with Crippen molar-refractivity contribution in [3.05, 3.63) is 41.2 Å². The van der Waals surface area contributed by atoms with Gasteiger partial charge in [0.15, 0.2) is 0 Å². The fraction of sp³-hybridized carbons (Fsp3) is 0.375. The zero-order chi connectivity index (χ0) is 25.0. The average Bonchev–Trinajstić information content (AvgIpc) is 3.58. The predicted octanol–water partition coefficient (Wildman–Crippen LogP) is 2.45. The highest BCUT2D eigenvalue weighted by molar-refractivity contribution is 7.21. The van der Waals surface area contributed by atoms with Crippen molar-refractivity contribution in [1.29, 1.82) is 0 Å². The quantitative estimate of drug-likeness (QED) is 0.322. The SMILES string of the molecule is CC1(C)CCCN1CC(=O)Nc1cnc2c(c1)[nH]c(=O)c1c2nn2cc(-c3cnn(CCO)c3)sc12. The number of aliphatic hydroxyl groups excluding tert-OH is 1. The number of amides is 1. The number of rotatable bonds is 6. The molecule has 6 heterocycles. The van der Waals surface area contributed by atoms with Gasteiger partial charge in [-0.3, -0.25) is 24.2 Å². The molecular weight excluding hydrogens is 480 g/mol. The van der Waals surface area contributed by atoms with Crippen molar-refractivity contribution in [2.75, 3.05) is 25.0 Å². The molecule has 1 aliphatic heterocycles. The van der Waals surface area contributed by atoms with Crippen LogP contribution >= 0.6 is 11.3 Å². The number of H-pyrrole nitrogens is 1. The molecule has 186 valence electrons. The molecule has 3 N–H and O–H groups in total. The molecule has 0 bridgehead atoms. The van der Waals surface area contributed by atoms with Gasteiger partial charge in [-0.1, -0.05) is 0 Å². The molecule has 0 saturated carbocycles. The minimum Gasteiger partial charge on any atom is -0.394 e. The van der Waals surface area contributed by atoms with Gasteiger partial charge in [0.25, 0.3) is 5.56 Å². The lowest BCUT2D eigenvalue weighted by molar-refractivity contribution is -0.118. The van der Waals surface area contributed by atoms with E-state index in [-0.39, 0.29) is 23.6 Å². The van der Waals surface area contributed by atoms with Gasteiger partial charge in [0.1, 0.15) is 21.3 Å². The van der Waals surface area contributed by atoms with Gasteiger partial charge in [-0.25, -0.2) is 4.52 Å². The normalized spacial score (nSPS) is 16.0. The number of carbonyl (C=O) groups is 1. The Morgan fingerprint density at radius 1 is 1.28 bits per heavy atom. The molecule has 5 aromatic rings. The summed E-state index contributed by atoms with van der Waals surface area (Å²) in [7, 11) is 0. The first-order valence-electron chi connectivity index (χ1n) is 11.8. The molecule has 1 amide bonds. The summed E-state index contributed by atoms with van der Waals surface area (Å²) in [6, 6.07) is 1.73. The molecule has 0 spiro atoms. The number of likely N-dealkylation sites (tertiary alicyclic amines) is 1. The number of aromatic nitrogens is 6. The summed E-state index contributed by atoms with van der Waals surface area (Å²) in [5, 5.41) is 21.4. The molecule has 12 heteroatoms. The lowest BCUT2D eigenvalue weighted by Crippen LogP contribution is -2.42. The second-order valence-electron chi connectivity index (χ2n) is 9.74. The second kappa shape index (κ2) is 8.50. The smallest absolute Gasteiger partial charge is 0.261 e. The molecule has 0 atom stereocenters. The van der Waals surface area contributed by atoms with Crippen LogP contribution in [0.2, 0.25) is 0 Å². The Labute approximate surface area is 209 Å². The number of anilines is 1. The number of pyridine rings is 2. The van der Waals surface area contributed by atoms with Crippen molar-refractivity contribution in [3.63, 3.8) is 0 Å². The van der Waals surface area contributed by atoms with Crippen LogP contribution in [0.3, 0.4) is 0 Å². The summed E-state index contributed by atoms with van der Waals surface area (Å²) in [5.74, 6) is -0.105. The van der Waals surface area contributed by atoms with Crippen LogP contribution < -0.4 is 10.9 Å². The van der Waals surface area contributed by atoms with Crippen molar-refractivity contribution < 1.29 is 9.90 Å². The summed E-state index contributed by atoms with van der Waals surface area (Å²) < 4.78 is 3.36. The van der Waals surface area contributed by atoms with Crippen molar-refractivity contribution in [2.45, 2.75) is 38.8 Å². The molecule has 0 radical (unpaired) electrons. The number of aromatic amines is 1. The largest absolute Gasteiger partial charge is 0.394 e. The molecule has 0 aliphatic carbocycles. The van der Waals surface area contributed by atoms with Gasteiger partial charge in [0.2, 0.25) is 5.91 Å². The number of hydrogen-bond donors (Lipinski definition) is 3. The number of thiazole rings is 1. The number of fused-ring (bicyclic) bond motifs is 5. The molecule has 11 nitrogen and oxygen atoms in total. The lowest BCUT2D eigenvalue weighted by atomic mass is 10.0. The van der Waals surface area contributed by atoms with Crippen LogP contribution in [0.25, 0.3) is 37.2 Å². The molecule has 1 saturated heterocycles. The molecule has 5 aromatic heterocycles. The Bertz CT molecular complexity index is 1680. The van der Waals surface area contributed by atoms with E-state index in [0.717, 1.165) is 29.8 Å². The first kappa shape index (κ1) is 22.8. The third-order valence-corrected chi connectivity index (χ3v) is 7.98. The van der Waals surface area contributed by atoms with Gasteiger partial charge in [-0.2, -0.15) is 10.2 Å². The average molecular weight is 507 g/mol. The lowest BCUT2D eigenvalue weighted by Gasteiger charge is -2.30. The van der Waals surface area contributed by atoms with E-state index in [9.17, 15) is 9.59 Å². The Kier molecular flexibility index (Phi) is 5.39. The van der Waals surface area contributed by atoms with E-state index < -0.39 is 0 Å². The number of aliphatic hydroxyl groups is 1. The highest BCUT2D eigenvalue weighted by Crippen LogP contribution is 2.33. The summed E-state index contributed by atoms with van der Waals surface area (Å²) >= 11 is 1.44. The van der Waals surface area contributed by atoms with Gasteiger partial charge in [-0.05, 0) is 39.3 Å². The van der Waals surface area contributed by atoms with E-state index in [1.165, 1.54) is 11.3 Å². The molecule has 0 unspecified atom stereocenters. The fourth-order valence-corrected chi connectivity index (χ4v) is 5.96. The van der Waals surface area contributed by atoms with Crippen LogP contribution in [-0.2, 0) is 11.3 Å². The van der Waals surface area contributed by atoms with Crippen molar-refractivity contribution in [1.82, 2.24) is 34.3 Å². The first-order chi connectivity index (χ1) is 17.3. The van der Waals surface area contributed by atoms with Gasteiger partial charge in [-0.15, -0.1) is 11.3 Å². The minimum absolute atomic E-state index is 0.0109. The van der Waals surface area contributed by atoms with Crippen LogP contribution in [0, 0.1) is 0 Å². The molecule has 6 rings (SSSR count). The standard InChI is InChI=1S/C24H26N8O3S/c1-24(2)4-3-5-30(24)13-18(34)27-15-8-16-20(25-10-15)21-19(22(35)28-16)23-32(29-21)12-17(36-23)14-9-26-31(11-14)6-7-33/h8-12,33H,3-7,13H2,1-2H3,(H,27,34)(H,28,35). The van der Waals surface area contributed by atoms with Gasteiger partial charge in [0, 0.05) is 23.5 Å². The number of hydrogen-bond acceptors (Lipinski definition) is 8. The van der Waals surface area contributed by atoms with Crippen LogP contribution in [0.15, 0.2) is 35.6 Å². The Hall–Kier alpha value is -3.61. The van der Waals surface area contributed by atoms with Crippen LogP contribution in [0.5, 0.6) is 0 Å². The van der Waals surface area contributed by atoms with Gasteiger partial charge >= 0.3 is 0 Å². The maximum absolute atomic E-state index is 13.1. The highest BCUT2D eigenvalue weighted by Gasteiger charge is 2.32. The topological polar surface area (TPSA) is 133 Å². The van der Waals surface area contributed by atoms with Crippen LogP contribution in [-0.4, -0.2) is 70.5 Å². The molecule has 1 fully saturated rings. The Morgan fingerprint density at radius 3 is 2.92 bits per heavy atom. The molecular formula is C24H26N8O3S. The second-order valence-corrected chi connectivity index (χ2v) is 10.8. The molecule has 36 heavy (non-hydrogen) atoms. The van der Waals surface area contributed by atoms with Crippen LogP contribution in [0.4, 0.5) is 5.69 Å². The van der Waals surface area contributed by atoms with Gasteiger partial charge < -0.3 is 15.4 Å². The van der Waals surface area contributed by atoms with E-state index in [0.29, 0.717) is 45.5 Å². The highest BCUT2D eigenvalue weighted by atomic mass is 32.1. The van der Waals surface area contributed by atoms with E-state index in [4.69, 9.17) is 5.11 Å². The summed E-state index contributed by atoms with van der Waals surface area (Å²) in [5.41, 5.74) is 2.77. The molecule has 1 aliphatic rings. The number of nitrogens with zero attached hydrogens (tertiary/aromatic N) is 6. The van der Waals surface area contributed by atoms with E-state index >= 15 is 0 Å². The Balaban J connectivity index is 1.31. The van der Waals surface area contributed by atoms with Crippen molar-refractivity contribution in [2.24, 2.45) is 0 Å². The van der Waals surface area contributed by atoms with E-state index in [1.54, 1.807) is 27.7 Å². The minimum atomic E-state index is -0.263. The maximum Gasteiger partial charge on any atom is 0.261 e. The monoisotopic (exact) mass is 506 g/mol. The number of nitrogens with one attached hydrogen (secondary N) is 2. The van der Waals surface area contributed by atoms with E-state index in [1.807, 2.05) is 12.4 Å². The third kappa shape index (κ3) is 3.87. The van der Waals surface area contributed by atoms with E-state index in [2.05, 4.69) is 44.2 Å². The van der Waals surface area contributed by atoms with Crippen molar-refractivity contribution >= 4 is 49.7 Å².